The first kappa shape index (κ1) is 15.7. The summed E-state index contributed by atoms with van der Waals surface area (Å²) in [7, 11) is 0. The standard InChI is InChI=1S/C14H14Cl2O3/c1-9(17)7-13(19-10(2)18)6-4-11-3-5-12(15)8-14(11)16/h3-6,8,13H,7H2,1-2H3/b6-4+. The summed E-state index contributed by atoms with van der Waals surface area (Å²) in [5, 5.41) is 1.04. The summed E-state index contributed by atoms with van der Waals surface area (Å²) in [5.41, 5.74) is 0.742. The van der Waals surface area contributed by atoms with E-state index in [1.165, 1.54) is 13.8 Å². The highest BCUT2D eigenvalue weighted by atomic mass is 35.5. The van der Waals surface area contributed by atoms with Gasteiger partial charge in [-0.1, -0.05) is 35.3 Å². The zero-order valence-electron chi connectivity index (χ0n) is 10.7. The molecule has 0 bridgehead atoms. The molecule has 0 aliphatic heterocycles. The Bertz CT molecular complexity index is 493. The first-order valence-corrected chi connectivity index (χ1v) is 6.44. The molecule has 5 heteroatoms. The van der Waals surface area contributed by atoms with E-state index in [9.17, 15) is 9.59 Å². The Labute approximate surface area is 122 Å². The lowest BCUT2D eigenvalue weighted by atomic mass is 10.1. The molecular weight excluding hydrogens is 287 g/mol. The lowest BCUT2D eigenvalue weighted by molar-refractivity contribution is -0.144. The van der Waals surface area contributed by atoms with E-state index >= 15 is 0 Å². The Morgan fingerprint density at radius 3 is 2.53 bits per heavy atom. The summed E-state index contributed by atoms with van der Waals surface area (Å²) >= 11 is 11.8. The van der Waals surface area contributed by atoms with Crippen LogP contribution in [0.4, 0.5) is 0 Å². The van der Waals surface area contributed by atoms with Crippen LogP contribution in [0.3, 0.4) is 0 Å². The number of ether oxygens (including phenoxy) is 1. The zero-order chi connectivity index (χ0) is 14.4. The number of benzene rings is 1. The van der Waals surface area contributed by atoms with Crippen molar-refractivity contribution in [2.75, 3.05) is 0 Å². The van der Waals surface area contributed by atoms with Crippen molar-refractivity contribution >= 4 is 41.0 Å². The molecule has 0 fully saturated rings. The summed E-state index contributed by atoms with van der Waals surface area (Å²) in [6.07, 6.45) is 2.90. The first-order valence-electron chi connectivity index (χ1n) is 5.68. The molecule has 3 nitrogen and oxygen atoms in total. The number of hydrogen-bond acceptors (Lipinski definition) is 3. The molecule has 0 aliphatic carbocycles. The Hall–Kier alpha value is -1.32. The molecule has 1 aromatic rings. The number of hydrogen-bond donors (Lipinski definition) is 0. The highest BCUT2D eigenvalue weighted by molar-refractivity contribution is 6.35. The largest absolute Gasteiger partial charge is 0.458 e. The Morgan fingerprint density at radius 1 is 1.32 bits per heavy atom. The Balaban J connectivity index is 2.84. The van der Waals surface area contributed by atoms with Gasteiger partial charge in [0, 0.05) is 23.4 Å². The molecule has 0 aliphatic rings. The second-order valence-corrected chi connectivity index (χ2v) is 4.92. The number of carbonyl (C=O) groups is 2. The van der Waals surface area contributed by atoms with Gasteiger partial charge in [0.15, 0.2) is 0 Å². The molecule has 1 rings (SSSR count). The van der Waals surface area contributed by atoms with Gasteiger partial charge in [0.05, 0.1) is 0 Å². The van der Waals surface area contributed by atoms with Crippen molar-refractivity contribution in [3.63, 3.8) is 0 Å². The number of rotatable bonds is 5. The molecule has 0 heterocycles. The Morgan fingerprint density at radius 2 is 2.00 bits per heavy atom. The van der Waals surface area contributed by atoms with Gasteiger partial charge >= 0.3 is 5.97 Å². The van der Waals surface area contributed by atoms with Gasteiger partial charge in [-0.25, -0.2) is 0 Å². The second kappa shape index (κ2) is 7.31. The van der Waals surface area contributed by atoms with E-state index in [-0.39, 0.29) is 12.2 Å². The molecule has 1 atom stereocenters. The van der Waals surface area contributed by atoms with Crippen molar-refractivity contribution in [2.24, 2.45) is 0 Å². The van der Waals surface area contributed by atoms with Crippen LogP contribution in [-0.2, 0) is 14.3 Å². The highest BCUT2D eigenvalue weighted by Crippen LogP contribution is 2.22. The third kappa shape index (κ3) is 5.90. The molecule has 1 aromatic carbocycles. The molecule has 0 aromatic heterocycles. The molecule has 0 N–H and O–H groups in total. The first-order chi connectivity index (χ1) is 8.88. The minimum atomic E-state index is -0.582. The summed E-state index contributed by atoms with van der Waals surface area (Å²) in [4.78, 5) is 22.0. The number of carbonyl (C=O) groups excluding carboxylic acids is 2. The molecule has 0 saturated heterocycles. The van der Waals surface area contributed by atoms with E-state index < -0.39 is 12.1 Å². The number of halogens is 2. The molecule has 0 spiro atoms. The van der Waals surface area contributed by atoms with E-state index in [1.807, 2.05) is 0 Å². The van der Waals surface area contributed by atoms with Crippen LogP contribution in [0.5, 0.6) is 0 Å². The minimum absolute atomic E-state index is 0.0573. The summed E-state index contributed by atoms with van der Waals surface area (Å²) in [5.74, 6) is -0.490. The minimum Gasteiger partial charge on any atom is -0.458 e. The van der Waals surface area contributed by atoms with Crippen molar-refractivity contribution in [1.29, 1.82) is 0 Å². The predicted molar refractivity (Wildman–Crippen MR) is 76.3 cm³/mol. The molecule has 102 valence electrons. The van der Waals surface area contributed by atoms with Gasteiger partial charge in [0.2, 0.25) is 0 Å². The molecule has 19 heavy (non-hydrogen) atoms. The smallest absolute Gasteiger partial charge is 0.303 e. The maximum absolute atomic E-state index is 11.1. The van der Waals surface area contributed by atoms with E-state index in [4.69, 9.17) is 27.9 Å². The van der Waals surface area contributed by atoms with Gasteiger partial charge in [-0.05, 0) is 30.7 Å². The van der Waals surface area contributed by atoms with E-state index in [0.29, 0.717) is 10.0 Å². The van der Waals surface area contributed by atoms with Gasteiger partial charge in [0.25, 0.3) is 0 Å². The normalized spacial score (nSPS) is 12.4. The Kier molecular flexibility index (Phi) is 6.06. The number of ketones is 1. The third-order valence-electron chi connectivity index (χ3n) is 2.26. The summed E-state index contributed by atoms with van der Waals surface area (Å²) < 4.78 is 5.03. The zero-order valence-corrected chi connectivity index (χ0v) is 12.2. The lowest BCUT2D eigenvalue weighted by Gasteiger charge is -2.11. The fourth-order valence-corrected chi connectivity index (χ4v) is 1.96. The highest BCUT2D eigenvalue weighted by Gasteiger charge is 2.11. The van der Waals surface area contributed by atoms with Crippen LogP contribution in [0.15, 0.2) is 24.3 Å². The average molecular weight is 301 g/mol. The second-order valence-electron chi connectivity index (χ2n) is 4.08. The van der Waals surface area contributed by atoms with Gasteiger partial charge < -0.3 is 4.74 Å². The maximum atomic E-state index is 11.1. The van der Waals surface area contributed by atoms with Crippen LogP contribution in [0.1, 0.15) is 25.8 Å². The fourth-order valence-electron chi connectivity index (χ4n) is 1.49. The molecule has 0 saturated carbocycles. The predicted octanol–water partition coefficient (Wildman–Crippen LogP) is 3.92. The van der Waals surface area contributed by atoms with E-state index in [0.717, 1.165) is 5.56 Å². The number of esters is 1. The third-order valence-corrected chi connectivity index (χ3v) is 2.82. The van der Waals surface area contributed by atoms with Crippen molar-refractivity contribution in [2.45, 2.75) is 26.4 Å². The summed E-state index contributed by atoms with van der Waals surface area (Å²) in [6, 6.07) is 5.08. The quantitative estimate of drug-likeness (QED) is 0.774. The van der Waals surface area contributed by atoms with Gasteiger partial charge in [-0.2, -0.15) is 0 Å². The average Bonchev–Trinajstić information content (AvgIpc) is 2.25. The van der Waals surface area contributed by atoms with Crippen LogP contribution in [-0.4, -0.2) is 17.9 Å². The van der Waals surface area contributed by atoms with E-state index in [2.05, 4.69) is 0 Å². The van der Waals surface area contributed by atoms with Crippen LogP contribution in [0, 0.1) is 0 Å². The van der Waals surface area contributed by atoms with Crippen molar-refractivity contribution in [3.8, 4) is 0 Å². The maximum Gasteiger partial charge on any atom is 0.303 e. The molecule has 0 amide bonds. The fraction of sp³-hybridized carbons (Fsp3) is 0.286. The van der Waals surface area contributed by atoms with Crippen molar-refractivity contribution in [3.05, 3.63) is 39.9 Å². The van der Waals surface area contributed by atoms with Crippen LogP contribution in [0.2, 0.25) is 10.0 Å². The summed E-state index contributed by atoms with van der Waals surface area (Å²) in [6.45, 7) is 2.75. The van der Waals surface area contributed by atoms with E-state index in [1.54, 1.807) is 30.4 Å². The van der Waals surface area contributed by atoms with Crippen molar-refractivity contribution < 1.29 is 14.3 Å². The van der Waals surface area contributed by atoms with Crippen LogP contribution in [0.25, 0.3) is 6.08 Å². The molecule has 0 radical (unpaired) electrons. The van der Waals surface area contributed by atoms with Gasteiger partial charge in [0.1, 0.15) is 11.9 Å². The monoisotopic (exact) mass is 300 g/mol. The topological polar surface area (TPSA) is 43.4 Å². The molecular formula is C14H14Cl2O3. The van der Waals surface area contributed by atoms with Crippen LogP contribution < -0.4 is 0 Å². The van der Waals surface area contributed by atoms with Crippen molar-refractivity contribution in [1.82, 2.24) is 0 Å². The van der Waals surface area contributed by atoms with Gasteiger partial charge in [-0.3, -0.25) is 9.59 Å². The number of Topliss-reactive ketones (excluding diaryl/α,β-unsaturated/α-hetero) is 1. The van der Waals surface area contributed by atoms with Gasteiger partial charge in [-0.15, -0.1) is 0 Å². The lowest BCUT2D eigenvalue weighted by Crippen LogP contribution is -2.16. The SMILES string of the molecule is CC(=O)CC(/C=C/c1ccc(Cl)cc1Cl)OC(C)=O. The van der Waals surface area contributed by atoms with Crippen LogP contribution >= 0.6 is 23.2 Å². The molecule has 1 unspecified atom stereocenters.